The Morgan fingerprint density at radius 3 is 2.76 bits per heavy atom. The maximum Gasteiger partial charge on any atom is 0.257 e. The van der Waals surface area contributed by atoms with Crippen LogP contribution in [0.1, 0.15) is 17.3 Å². The number of aliphatic imine (C=N–C) groups is 1. The van der Waals surface area contributed by atoms with Crippen molar-refractivity contribution in [3.63, 3.8) is 0 Å². The second kappa shape index (κ2) is 6.87. The van der Waals surface area contributed by atoms with E-state index in [2.05, 4.69) is 26.8 Å². The lowest BCUT2D eigenvalue weighted by Crippen LogP contribution is -2.50. The van der Waals surface area contributed by atoms with Crippen molar-refractivity contribution in [1.29, 1.82) is 0 Å². The molecule has 2 aromatic heterocycles. The summed E-state index contributed by atoms with van der Waals surface area (Å²) >= 11 is 1.83. The van der Waals surface area contributed by atoms with Crippen molar-refractivity contribution in [3.8, 4) is 5.82 Å². The highest BCUT2D eigenvalue weighted by molar-refractivity contribution is 8.14. The summed E-state index contributed by atoms with van der Waals surface area (Å²) in [6, 6.07) is 3.63. The minimum absolute atomic E-state index is 0.0193. The minimum Gasteiger partial charge on any atom is -0.348 e. The van der Waals surface area contributed by atoms with Crippen LogP contribution in [-0.2, 0) is 0 Å². The number of thioether (sulfide) groups is 1. The van der Waals surface area contributed by atoms with Gasteiger partial charge in [-0.2, -0.15) is 0 Å². The van der Waals surface area contributed by atoms with E-state index in [9.17, 15) is 4.79 Å². The van der Waals surface area contributed by atoms with Crippen LogP contribution in [0.15, 0.2) is 42.0 Å². The first-order chi connectivity index (χ1) is 12.2. The first kappa shape index (κ1) is 16.1. The monoisotopic (exact) mass is 356 g/mol. The van der Waals surface area contributed by atoms with E-state index in [1.807, 2.05) is 22.7 Å². The smallest absolute Gasteiger partial charge is 0.257 e. The van der Waals surface area contributed by atoms with Crippen LogP contribution in [0.2, 0.25) is 0 Å². The quantitative estimate of drug-likeness (QED) is 0.816. The van der Waals surface area contributed by atoms with E-state index >= 15 is 0 Å². The zero-order valence-corrected chi connectivity index (χ0v) is 14.9. The van der Waals surface area contributed by atoms with Gasteiger partial charge in [-0.15, -0.1) is 0 Å². The van der Waals surface area contributed by atoms with Crippen LogP contribution in [0.5, 0.6) is 0 Å². The minimum atomic E-state index is 0.0193. The molecule has 130 valence electrons. The number of hydrogen-bond donors (Lipinski definition) is 0. The summed E-state index contributed by atoms with van der Waals surface area (Å²) in [6.07, 6.45) is 6.84. The number of carbonyl (C=O) groups excluding carboxylic acids is 1. The van der Waals surface area contributed by atoms with Crippen molar-refractivity contribution >= 4 is 22.8 Å². The van der Waals surface area contributed by atoms with Gasteiger partial charge in [-0.1, -0.05) is 18.7 Å². The summed E-state index contributed by atoms with van der Waals surface area (Å²) in [5, 5.41) is 1.68. The van der Waals surface area contributed by atoms with Crippen molar-refractivity contribution in [1.82, 2.24) is 24.3 Å². The third kappa shape index (κ3) is 3.26. The number of pyridine rings is 1. The summed E-state index contributed by atoms with van der Waals surface area (Å²) in [6.45, 7) is 6.14. The Hall–Kier alpha value is -2.35. The Morgan fingerprint density at radius 1 is 1.24 bits per heavy atom. The molecule has 4 rings (SSSR count). The molecule has 0 aromatic carbocycles. The SMILES string of the molecule is C[C@@H]1CN=C(N2CCN(C(=O)c3cccnc3-n3ccnc3)CC2)S1. The van der Waals surface area contributed by atoms with Crippen molar-refractivity contribution in [3.05, 3.63) is 42.6 Å². The van der Waals surface area contributed by atoms with Gasteiger partial charge in [0.05, 0.1) is 12.1 Å². The standard InChI is InChI=1S/C17H20N6OS/c1-13-11-20-17(25-13)22-9-7-21(8-10-22)16(24)14-3-2-4-19-15(14)23-6-5-18-12-23/h2-6,12-13H,7-11H2,1H3/t13-/m1/s1. The van der Waals surface area contributed by atoms with Crippen LogP contribution < -0.4 is 0 Å². The molecule has 0 radical (unpaired) electrons. The third-order valence-corrected chi connectivity index (χ3v) is 5.54. The molecule has 0 aliphatic carbocycles. The molecule has 2 aliphatic heterocycles. The summed E-state index contributed by atoms with van der Waals surface area (Å²) < 4.78 is 1.77. The lowest BCUT2D eigenvalue weighted by Gasteiger charge is -2.35. The maximum atomic E-state index is 13.0. The van der Waals surface area contributed by atoms with Crippen LogP contribution in [0.3, 0.4) is 0 Å². The molecular formula is C17H20N6OS. The fourth-order valence-corrected chi connectivity index (χ4v) is 4.05. The van der Waals surface area contributed by atoms with Crippen molar-refractivity contribution in [2.24, 2.45) is 4.99 Å². The van der Waals surface area contributed by atoms with E-state index in [0.717, 1.165) is 24.8 Å². The van der Waals surface area contributed by atoms with E-state index in [-0.39, 0.29) is 5.91 Å². The van der Waals surface area contributed by atoms with Crippen molar-refractivity contribution in [2.45, 2.75) is 12.2 Å². The molecule has 7 nitrogen and oxygen atoms in total. The molecular weight excluding hydrogens is 336 g/mol. The summed E-state index contributed by atoms with van der Waals surface area (Å²) in [7, 11) is 0. The highest BCUT2D eigenvalue weighted by Gasteiger charge is 2.28. The number of carbonyl (C=O) groups is 1. The average molecular weight is 356 g/mol. The summed E-state index contributed by atoms with van der Waals surface area (Å²) in [5.74, 6) is 0.641. The second-order valence-corrected chi connectivity index (χ2v) is 7.58. The fraction of sp³-hybridized carbons (Fsp3) is 0.412. The van der Waals surface area contributed by atoms with Crippen molar-refractivity contribution in [2.75, 3.05) is 32.7 Å². The van der Waals surface area contributed by atoms with E-state index < -0.39 is 0 Å². The predicted molar refractivity (Wildman–Crippen MR) is 98.2 cm³/mol. The topological polar surface area (TPSA) is 66.6 Å². The van der Waals surface area contributed by atoms with Gasteiger partial charge in [-0.05, 0) is 12.1 Å². The van der Waals surface area contributed by atoms with Gasteiger partial charge in [-0.25, -0.2) is 9.97 Å². The Morgan fingerprint density at radius 2 is 2.08 bits per heavy atom. The Labute approximate surface area is 150 Å². The fourth-order valence-electron chi connectivity index (χ4n) is 3.06. The van der Waals surface area contributed by atoms with Gasteiger partial charge in [0.1, 0.15) is 6.33 Å². The highest BCUT2D eigenvalue weighted by atomic mass is 32.2. The molecule has 1 fully saturated rings. The van der Waals surface area contributed by atoms with E-state index in [0.29, 0.717) is 29.7 Å². The van der Waals surface area contributed by atoms with Crippen molar-refractivity contribution < 1.29 is 4.79 Å². The van der Waals surface area contributed by atoms with E-state index in [1.165, 1.54) is 0 Å². The number of amides is 1. The van der Waals surface area contributed by atoms with Crippen LogP contribution in [0.25, 0.3) is 5.82 Å². The van der Waals surface area contributed by atoms with Crippen LogP contribution in [0, 0.1) is 0 Å². The molecule has 2 aliphatic rings. The lowest BCUT2D eigenvalue weighted by molar-refractivity contribution is 0.0693. The third-order valence-electron chi connectivity index (χ3n) is 4.39. The lowest BCUT2D eigenvalue weighted by atomic mass is 10.2. The number of imidazole rings is 1. The molecule has 0 N–H and O–H groups in total. The summed E-state index contributed by atoms with van der Waals surface area (Å²) in [5.41, 5.74) is 0.607. The zero-order valence-electron chi connectivity index (χ0n) is 14.1. The zero-order chi connectivity index (χ0) is 17.2. The first-order valence-corrected chi connectivity index (χ1v) is 9.29. The van der Waals surface area contributed by atoms with Gasteiger partial charge >= 0.3 is 0 Å². The molecule has 0 unspecified atom stereocenters. The Balaban J connectivity index is 1.47. The predicted octanol–water partition coefficient (Wildman–Crippen LogP) is 1.52. The second-order valence-electron chi connectivity index (χ2n) is 6.18. The molecule has 0 bridgehead atoms. The number of rotatable bonds is 2. The number of aromatic nitrogens is 3. The number of nitrogens with zero attached hydrogens (tertiary/aromatic N) is 6. The number of amidine groups is 1. The van der Waals surface area contributed by atoms with Gasteiger partial charge in [0.2, 0.25) is 0 Å². The molecule has 25 heavy (non-hydrogen) atoms. The van der Waals surface area contributed by atoms with Gasteiger partial charge in [0, 0.05) is 50.0 Å². The highest BCUT2D eigenvalue weighted by Crippen LogP contribution is 2.24. The largest absolute Gasteiger partial charge is 0.348 e. The van der Waals surface area contributed by atoms with E-state index in [1.54, 1.807) is 35.6 Å². The molecule has 1 saturated heterocycles. The molecule has 1 amide bonds. The number of hydrogen-bond acceptors (Lipinski definition) is 6. The molecule has 1 atom stereocenters. The van der Waals surface area contributed by atoms with Gasteiger partial charge in [-0.3, -0.25) is 14.4 Å². The van der Waals surface area contributed by atoms with E-state index in [4.69, 9.17) is 0 Å². The number of piperazine rings is 1. The first-order valence-electron chi connectivity index (χ1n) is 8.41. The molecule has 2 aromatic rings. The van der Waals surface area contributed by atoms with Gasteiger partial charge in [0.15, 0.2) is 11.0 Å². The van der Waals surface area contributed by atoms with Crippen LogP contribution >= 0.6 is 11.8 Å². The molecule has 0 spiro atoms. The Bertz CT molecular complexity index is 782. The molecule has 0 saturated carbocycles. The van der Waals surface area contributed by atoms with Gasteiger partial charge in [0.25, 0.3) is 5.91 Å². The van der Waals surface area contributed by atoms with Crippen LogP contribution in [0.4, 0.5) is 0 Å². The van der Waals surface area contributed by atoms with Crippen LogP contribution in [-0.4, -0.2) is 73.4 Å². The maximum absolute atomic E-state index is 13.0. The molecule has 8 heteroatoms. The average Bonchev–Trinajstić information content (AvgIpc) is 3.33. The molecule has 4 heterocycles. The normalized spacial score (nSPS) is 20.7. The van der Waals surface area contributed by atoms with Gasteiger partial charge < -0.3 is 9.80 Å². The summed E-state index contributed by atoms with van der Waals surface area (Å²) in [4.78, 5) is 30.2. The Kier molecular flexibility index (Phi) is 4.44.